The first-order chi connectivity index (χ1) is 6.59. The minimum absolute atomic E-state index is 0.167. The molecule has 0 bridgehead atoms. The van der Waals surface area contributed by atoms with Gasteiger partial charge in [-0.3, -0.25) is 4.90 Å². The second-order valence-corrected chi connectivity index (χ2v) is 4.54. The van der Waals surface area contributed by atoms with Gasteiger partial charge in [-0.1, -0.05) is 13.8 Å². The third-order valence-corrected chi connectivity index (χ3v) is 3.59. The first-order valence-electron chi connectivity index (χ1n) is 5.54. The minimum Gasteiger partial charge on any atom is -0.394 e. The molecule has 0 saturated carbocycles. The molecular weight excluding hydrogens is 178 g/mol. The molecule has 3 heteroatoms. The van der Waals surface area contributed by atoms with Crippen LogP contribution in [-0.4, -0.2) is 42.0 Å². The van der Waals surface area contributed by atoms with Gasteiger partial charge >= 0.3 is 0 Å². The van der Waals surface area contributed by atoms with E-state index in [1.54, 1.807) is 0 Å². The van der Waals surface area contributed by atoms with Crippen LogP contribution in [0.1, 0.15) is 33.6 Å². The minimum atomic E-state index is -0.187. The van der Waals surface area contributed by atoms with Gasteiger partial charge in [0.05, 0.1) is 18.8 Å². The Morgan fingerprint density at radius 1 is 1.50 bits per heavy atom. The van der Waals surface area contributed by atoms with E-state index in [0.29, 0.717) is 12.5 Å². The van der Waals surface area contributed by atoms with Crippen molar-refractivity contribution < 1.29 is 9.84 Å². The Bertz CT molecular complexity index is 182. The van der Waals surface area contributed by atoms with Crippen LogP contribution in [0.2, 0.25) is 0 Å². The average Bonchev–Trinajstić information content (AvgIpc) is 2.49. The molecule has 0 spiro atoms. The van der Waals surface area contributed by atoms with E-state index in [2.05, 4.69) is 25.7 Å². The van der Waals surface area contributed by atoms with Crippen LogP contribution in [-0.2, 0) is 4.74 Å². The molecule has 84 valence electrons. The van der Waals surface area contributed by atoms with Crippen molar-refractivity contribution in [2.24, 2.45) is 5.92 Å². The highest BCUT2D eigenvalue weighted by Crippen LogP contribution is 2.31. The molecule has 1 saturated heterocycles. The lowest BCUT2D eigenvalue weighted by atomic mass is 9.98. The van der Waals surface area contributed by atoms with Crippen LogP contribution in [0.4, 0.5) is 0 Å². The van der Waals surface area contributed by atoms with Crippen molar-refractivity contribution in [1.82, 2.24) is 4.90 Å². The van der Waals surface area contributed by atoms with Gasteiger partial charge in [-0.05, 0) is 32.7 Å². The van der Waals surface area contributed by atoms with Gasteiger partial charge in [0.2, 0.25) is 0 Å². The summed E-state index contributed by atoms with van der Waals surface area (Å²) in [5.74, 6) is 0.577. The number of rotatable bonds is 4. The van der Waals surface area contributed by atoms with Gasteiger partial charge in [0, 0.05) is 0 Å². The smallest absolute Gasteiger partial charge is 0.113 e. The number of nitrogens with zero attached hydrogens (tertiary/aromatic N) is 1. The highest BCUT2D eigenvalue weighted by atomic mass is 16.5. The molecule has 14 heavy (non-hydrogen) atoms. The van der Waals surface area contributed by atoms with Crippen molar-refractivity contribution >= 4 is 0 Å². The molecule has 0 unspecified atom stereocenters. The van der Waals surface area contributed by atoms with E-state index < -0.39 is 0 Å². The number of likely N-dealkylation sites (N-methyl/N-ethyl adjacent to an activating group) is 1. The zero-order chi connectivity index (χ0) is 10.8. The number of aliphatic hydroxyl groups excluding tert-OH is 1. The van der Waals surface area contributed by atoms with Crippen molar-refractivity contribution in [2.75, 3.05) is 20.3 Å². The van der Waals surface area contributed by atoms with Gasteiger partial charge in [0.15, 0.2) is 0 Å². The Balaban J connectivity index is 2.67. The molecule has 2 atom stereocenters. The Labute approximate surface area is 87.1 Å². The second-order valence-electron chi connectivity index (χ2n) is 4.54. The topological polar surface area (TPSA) is 32.7 Å². The predicted octanol–water partition coefficient (Wildman–Crippen LogP) is 1.46. The lowest BCUT2D eigenvalue weighted by Crippen LogP contribution is -2.48. The maximum absolute atomic E-state index is 9.32. The van der Waals surface area contributed by atoms with Crippen molar-refractivity contribution in [2.45, 2.75) is 45.4 Å². The molecule has 1 N–H and O–H groups in total. The standard InChI is InChI=1S/C11H23NO2/c1-5-9(6-2)10-12(4)11(3,7-13)8-14-10/h9-10,13H,5-8H2,1-4H3/t10-,11-/m1/s1. The van der Waals surface area contributed by atoms with Crippen LogP contribution in [0.15, 0.2) is 0 Å². The summed E-state index contributed by atoms with van der Waals surface area (Å²) in [6, 6.07) is 0. The summed E-state index contributed by atoms with van der Waals surface area (Å²) in [6.45, 7) is 7.25. The SMILES string of the molecule is CCC(CC)[C@H]1OC[C@@](C)(CO)N1C. The number of aliphatic hydroxyl groups is 1. The number of hydrogen-bond acceptors (Lipinski definition) is 3. The number of ether oxygens (including phenoxy) is 1. The van der Waals surface area contributed by atoms with E-state index in [-0.39, 0.29) is 18.4 Å². The highest BCUT2D eigenvalue weighted by molar-refractivity contribution is 4.92. The molecule has 1 heterocycles. The molecule has 1 fully saturated rings. The Kier molecular flexibility index (Phi) is 3.93. The van der Waals surface area contributed by atoms with Crippen molar-refractivity contribution in [1.29, 1.82) is 0 Å². The number of hydrogen-bond donors (Lipinski definition) is 1. The summed E-state index contributed by atoms with van der Waals surface area (Å²) in [5.41, 5.74) is -0.187. The lowest BCUT2D eigenvalue weighted by molar-refractivity contribution is -0.0155. The summed E-state index contributed by atoms with van der Waals surface area (Å²) < 4.78 is 5.78. The van der Waals surface area contributed by atoms with Gasteiger partial charge in [0.25, 0.3) is 0 Å². The molecule has 3 nitrogen and oxygen atoms in total. The summed E-state index contributed by atoms with van der Waals surface area (Å²) in [7, 11) is 2.05. The largest absolute Gasteiger partial charge is 0.394 e. The Morgan fingerprint density at radius 3 is 2.43 bits per heavy atom. The summed E-state index contributed by atoms with van der Waals surface area (Å²) in [6.07, 6.45) is 2.45. The highest BCUT2D eigenvalue weighted by Gasteiger charge is 2.43. The van der Waals surface area contributed by atoms with Gasteiger partial charge in [-0.2, -0.15) is 0 Å². The van der Waals surface area contributed by atoms with E-state index in [1.165, 1.54) is 0 Å². The van der Waals surface area contributed by atoms with Crippen LogP contribution in [0.25, 0.3) is 0 Å². The van der Waals surface area contributed by atoms with Gasteiger partial charge < -0.3 is 9.84 Å². The normalized spacial score (nSPS) is 34.3. The molecule has 1 rings (SSSR count). The predicted molar refractivity (Wildman–Crippen MR) is 57.1 cm³/mol. The second kappa shape index (κ2) is 4.60. The zero-order valence-electron chi connectivity index (χ0n) is 9.79. The van der Waals surface area contributed by atoms with Gasteiger partial charge in [-0.25, -0.2) is 0 Å². The van der Waals surface area contributed by atoms with Crippen molar-refractivity contribution in [3.63, 3.8) is 0 Å². The van der Waals surface area contributed by atoms with E-state index in [4.69, 9.17) is 4.74 Å². The quantitative estimate of drug-likeness (QED) is 0.747. The molecule has 0 aromatic heterocycles. The molecule has 0 aromatic carbocycles. The summed E-state index contributed by atoms with van der Waals surface area (Å²) in [5, 5.41) is 9.32. The van der Waals surface area contributed by atoms with Crippen LogP contribution in [0.5, 0.6) is 0 Å². The zero-order valence-corrected chi connectivity index (χ0v) is 9.79. The third kappa shape index (κ3) is 1.95. The molecule has 0 aromatic rings. The lowest BCUT2D eigenvalue weighted by Gasteiger charge is -2.34. The average molecular weight is 201 g/mol. The maximum atomic E-state index is 9.32. The Hall–Kier alpha value is -0.120. The van der Waals surface area contributed by atoms with Gasteiger partial charge in [-0.15, -0.1) is 0 Å². The maximum Gasteiger partial charge on any atom is 0.113 e. The van der Waals surface area contributed by atoms with Crippen LogP contribution in [0, 0.1) is 5.92 Å². The van der Waals surface area contributed by atoms with Crippen LogP contribution < -0.4 is 0 Å². The fourth-order valence-corrected chi connectivity index (χ4v) is 2.09. The monoisotopic (exact) mass is 201 g/mol. The van der Waals surface area contributed by atoms with E-state index >= 15 is 0 Å². The molecule has 0 radical (unpaired) electrons. The van der Waals surface area contributed by atoms with E-state index in [1.807, 2.05) is 7.05 Å². The summed E-state index contributed by atoms with van der Waals surface area (Å²) >= 11 is 0. The van der Waals surface area contributed by atoms with E-state index in [9.17, 15) is 5.11 Å². The molecule has 1 aliphatic heterocycles. The fraction of sp³-hybridized carbons (Fsp3) is 1.00. The third-order valence-electron chi connectivity index (χ3n) is 3.59. The molecule has 0 amide bonds. The first kappa shape index (κ1) is 12.0. The van der Waals surface area contributed by atoms with Crippen LogP contribution >= 0.6 is 0 Å². The van der Waals surface area contributed by atoms with Crippen molar-refractivity contribution in [3.05, 3.63) is 0 Å². The Morgan fingerprint density at radius 2 is 2.07 bits per heavy atom. The van der Waals surface area contributed by atoms with E-state index in [0.717, 1.165) is 12.8 Å². The first-order valence-corrected chi connectivity index (χ1v) is 5.54. The molecule has 0 aliphatic carbocycles. The molecular formula is C11H23NO2. The molecule has 1 aliphatic rings. The van der Waals surface area contributed by atoms with Crippen LogP contribution in [0.3, 0.4) is 0 Å². The van der Waals surface area contributed by atoms with Gasteiger partial charge in [0.1, 0.15) is 6.23 Å². The summed E-state index contributed by atoms with van der Waals surface area (Å²) in [4.78, 5) is 2.19. The fourth-order valence-electron chi connectivity index (χ4n) is 2.09. The van der Waals surface area contributed by atoms with Crippen molar-refractivity contribution in [3.8, 4) is 0 Å².